The van der Waals surface area contributed by atoms with Crippen molar-refractivity contribution in [2.75, 3.05) is 19.3 Å². The number of fused-ring (bicyclic) bond motifs is 4. The Kier molecular flexibility index (Phi) is 3.69. The lowest BCUT2D eigenvalue weighted by atomic mass is 9.93. The summed E-state index contributed by atoms with van der Waals surface area (Å²) < 4.78 is 2.35. The lowest BCUT2D eigenvalue weighted by molar-refractivity contribution is 0.631. The number of nitrogens with zero attached hydrogens (tertiary/aromatic N) is 2. The Morgan fingerprint density at radius 3 is 2.91 bits per heavy atom. The van der Waals surface area contributed by atoms with Crippen molar-refractivity contribution < 1.29 is 0 Å². The van der Waals surface area contributed by atoms with Crippen LogP contribution in [0.5, 0.6) is 0 Å². The first-order chi connectivity index (χ1) is 11.3. The summed E-state index contributed by atoms with van der Waals surface area (Å²) in [6, 6.07) is 8.57. The van der Waals surface area contributed by atoms with Crippen LogP contribution in [0.25, 0.3) is 21.9 Å². The summed E-state index contributed by atoms with van der Waals surface area (Å²) >= 11 is 0. The highest BCUT2D eigenvalue weighted by molar-refractivity contribution is 6.13. The van der Waals surface area contributed by atoms with Crippen molar-refractivity contribution in [2.45, 2.75) is 38.6 Å². The minimum absolute atomic E-state index is 0.966. The number of anilines is 1. The molecule has 0 unspecified atom stereocenters. The van der Waals surface area contributed by atoms with Crippen molar-refractivity contribution in [1.82, 2.24) is 14.9 Å². The third-order valence-corrected chi connectivity index (χ3v) is 5.03. The van der Waals surface area contributed by atoms with Crippen LogP contribution in [0, 0.1) is 0 Å². The third-order valence-electron chi connectivity index (χ3n) is 5.03. The predicted molar refractivity (Wildman–Crippen MR) is 96.8 cm³/mol. The summed E-state index contributed by atoms with van der Waals surface area (Å²) in [5.41, 5.74) is 12.4. The van der Waals surface area contributed by atoms with Crippen LogP contribution in [0.4, 0.5) is 5.69 Å². The Labute approximate surface area is 136 Å². The van der Waals surface area contributed by atoms with Crippen molar-refractivity contribution in [2.24, 2.45) is 0 Å². The lowest BCUT2D eigenvalue weighted by Crippen LogP contribution is -2.13. The van der Waals surface area contributed by atoms with Gasteiger partial charge in [0, 0.05) is 23.3 Å². The molecule has 1 aliphatic carbocycles. The monoisotopic (exact) mass is 308 g/mol. The number of aromatic nitrogens is 2. The number of para-hydroxylation sites is 1. The van der Waals surface area contributed by atoms with Gasteiger partial charge in [0.15, 0.2) is 0 Å². The van der Waals surface area contributed by atoms with E-state index in [1.165, 1.54) is 35.0 Å². The Balaban J connectivity index is 1.99. The molecule has 3 aromatic rings. The first-order valence-electron chi connectivity index (χ1n) is 8.64. The van der Waals surface area contributed by atoms with E-state index < -0.39 is 0 Å². The van der Waals surface area contributed by atoms with Crippen molar-refractivity contribution in [3.8, 4) is 0 Å². The summed E-state index contributed by atoms with van der Waals surface area (Å²) in [4.78, 5) is 5.06. The first-order valence-corrected chi connectivity index (χ1v) is 8.64. The molecule has 120 valence electrons. The minimum Gasteiger partial charge on any atom is -0.398 e. The zero-order chi connectivity index (χ0) is 15.8. The second kappa shape index (κ2) is 5.85. The van der Waals surface area contributed by atoms with E-state index >= 15 is 0 Å². The molecule has 0 bridgehead atoms. The number of pyridine rings is 1. The largest absolute Gasteiger partial charge is 0.398 e. The molecule has 4 rings (SSSR count). The third kappa shape index (κ3) is 2.29. The number of aryl methyl sites for hydroxylation is 2. The second-order valence-corrected chi connectivity index (χ2v) is 6.48. The number of nitrogens with two attached hydrogens (primary N) is 1. The molecule has 0 spiro atoms. The van der Waals surface area contributed by atoms with Gasteiger partial charge in [-0.15, -0.1) is 0 Å². The van der Waals surface area contributed by atoms with E-state index in [1.807, 2.05) is 7.05 Å². The maximum absolute atomic E-state index is 6.61. The van der Waals surface area contributed by atoms with Crippen LogP contribution in [-0.2, 0) is 19.4 Å². The molecule has 3 N–H and O–H groups in total. The number of hydrogen-bond donors (Lipinski definition) is 2. The molecule has 2 heterocycles. The zero-order valence-electron chi connectivity index (χ0n) is 13.7. The highest BCUT2D eigenvalue weighted by Gasteiger charge is 2.21. The van der Waals surface area contributed by atoms with Gasteiger partial charge in [-0.05, 0) is 57.3 Å². The Hall–Kier alpha value is -2.07. The lowest BCUT2D eigenvalue weighted by Gasteiger charge is -2.18. The van der Waals surface area contributed by atoms with Gasteiger partial charge in [-0.3, -0.25) is 0 Å². The standard InChI is InChI=1S/C19H24N4/c1-21-11-6-12-23-16-10-5-3-8-14(16)17-18(20)13-7-2-4-9-15(13)22-19(17)23/h3,5,8,10,21H,2,4,6-7,9,11-12H2,1H3,(H2,20,22). The van der Waals surface area contributed by atoms with Crippen molar-refractivity contribution >= 4 is 27.6 Å². The van der Waals surface area contributed by atoms with Crippen LogP contribution in [0.1, 0.15) is 30.5 Å². The van der Waals surface area contributed by atoms with Crippen molar-refractivity contribution in [1.29, 1.82) is 0 Å². The highest BCUT2D eigenvalue weighted by atomic mass is 15.0. The van der Waals surface area contributed by atoms with Crippen LogP contribution < -0.4 is 11.1 Å². The van der Waals surface area contributed by atoms with E-state index in [4.69, 9.17) is 10.7 Å². The number of nitrogen functional groups attached to an aromatic ring is 1. The van der Waals surface area contributed by atoms with Crippen molar-refractivity contribution in [3.05, 3.63) is 35.5 Å². The average molecular weight is 308 g/mol. The fourth-order valence-electron chi connectivity index (χ4n) is 3.89. The molecule has 4 nitrogen and oxygen atoms in total. The fourth-order valence-corrected chi connectivity index (χ4v) is 3.89. The number of rotatable bonds is 4. The summed E-state index contributed by atoms with van der Waals surface area (Å²) in [6.45, 7) is 1.98. The summed E-state index contributed by atoms with van der Waals surface area (Å²) in [5.74, 6) is 0. The summed E-state index contributed by atoms with van der Waals surface area (Å²) in [5, 5.41) is 5.63. The molecule has 0 atom stereocenters. The van der Waals surface area contributed by atoms with Gasteiger partial charge in [-0.2, -0.15) is 0 Å². The number of hydrogen-bond acceptors (Lipinski definition) is 3. The van der Waals surface area contributed by atoms with E-state index in [9.17, 15) is 0 Å². The molecule has 1 aliphatic rings. The molecular weight excluding hydrogens is 284 g/mol. The molecule has 2 aromatic heterocycles. The number of benzene rings is 1. The van der Waals surface area contributed by atoms with Gasteiger partial charge in [0.25, 0.3) is 0 Å². The van der Waals surface area contributed by atoms with E-state index in [1.54, 1.807) is 0 Å². The van der Waals surface area contributed by atoms with E-state index in [2.05, 4.69) is 34.1 Å². The van der Waals surface area contributed by atoms with Crippen molar-refractivity contribution in [3.63, 3.8) is 0 Å². The summed E-state index contributed by atoms with van der Waals surface area (Å²) in [7, 11) is 2.00. The molecule has 0 saturated carbocycles. The molecule has 0 saturated heterocycles. The van der Waals surface area contributed by atoms with Crippen LogP contribution in [-0.4, -0.2) is 23.1 Å². The molecule has 23 heavy (non-hydrogen) atoms. The molecule has 4 heteroatoms. The Morgan fingerprint density at radius 1 is 1.22 bits per heavy atom. The van der Waals surface area contributed by atoms with Crippen LogP contribution >= 0.6 is 0 Å². The van der Waals surface area contributed by atoms with Gasteiger partial charge >= 0.3 is 0 Å². The molecular formula is C19H24N4. The van der Waals surface area contributed by atoms with Crippen LogP contribution in [0.3, 0.4) is 0 Å². The maximum Gasteiger partial charge on any atom is 0.143 e. The number of nitrogens with one attached hydrogen (secondary N) is 1. The topological polar surface area (TPSA) is 55.9 Å². The van der Waals surface area contributed by atoms with Crippen LogP contribution in [0.2, 0.25) is 0 Å². The van der Waals surface area contributed by atoms with Gasteiger partial charge in [0.1, 0.15) is 5.65 Å². The second-order valence-electron chi connectivity index (χ2n) is 6.48. The predicted octanol–water partition coefficient (Wildman–Crippen LogP) is 3.26. The molecule has 0 radical (unpaired) electrons. The first kappa shape index (κ1) is 14.5. The van der Waals surface area contributed by atoms with E-state index in [-0.39, 0.29) is 0 Å². The van der Waals surface area contributed by atoms with Gasteiger partial charge in [0.05, 0.1) is 10.9 Å². The summed E-state index contributed by atoms with van der Waals surface area (Å²) in [6.07, 6.45) is 5.68. The van der Waals surface area contributed by atoms with Gasteiger partial charge in [-0.25, -0.2) is 4.98 Å². The fraction of sp³-hybridized carbons (Fsp3) is 0.421. The maximum atomic E-state index is 6.61. The van der Waals surface area contributed by atoms with E-state index in [0.717, 1.165) is 49.1 Å². The zero-order valence-corrected chi connectivity index (χ0v) is 13.7. The van der Waals surface area contributed by atoms with Gasteiger partial charge in [0.2, 0.25) is 0 Å². The van der Waals surface area contributed by atoms with Gasteiger partial charge in [-0.1, -0.05) is 18.2 Å². The quantitative estimate of drug-likeness (QED) is 0.727. The van der Waals surface area contributed by atoms with E-state index in [0.29, 0.717) is 0 Å². The Bertz CT molecular complexity index is 863. The molecule has 0 amide bonds. The minimum atomic E-state index is 0.966. The molecule has 0 aliphatic heterocycles. The normalized spacial score (nSPS) is 14.5. The molecule has 0 fully saturated rings. The SMILES string of the molecule is CNCCCn1c2ccccc2c2c(N)c3c(nc21)CCCC3. The van der Waals surface area contributed by atoms with Gasteiger partial charge < -0.3 is 15.6 Å². The Morgan fingerprint density at radius 2 is 2.04 bits per heavy atom. The highest BCUT2D eigenvalue weighted by Crippen LogP contribution is 2.37. The smallest absolute Gasteiger partial charge is 0.143 e. The molecule has 1 aromatic carbocycles. The average Bonchev–Trinajstić information content (AvgIpc) is 2.90. The van der Waals surface area contributed by atoms with Crippen LogP contribution in [0.15, 0.2) is 24.3 Å².